The third-order valence-electron chi connectivity index (χ3n) is 0.842. The Labute approximate surface area is 52.4 Å². The van der Waals surface area contributed by atoms with E-state index in [1.807, 2.05) is 6.92 Å². The topological polar surface area (TPSA) is 29.5 Å². The predicted molar refractivity (Wildman–Crippen MR) is 33.5 cm³/mol. The van der Waals surface area contributed by atoms with Gasteiger partial charge < -0.3 is 0 Å². The van der Waals surface area contributed by atoms with Gasteiger partial charge in [0.1, 0.15) is 0 Å². The van der Waals surface area contributed by atoms with Crippen LogP contribution < -0.4 is 0 Å². The van der Waals surface area contributed by atoms with Gasteiger partial charge in [-0.1, -0.05) is 6.92 Å². The molecule has 0 aliphatic heterocycles. The Hall–Kier alpha value is 0.0700. The molecule has 4 heteroatoms. The number of nitrogens with zero attached hydrogens (tertiary/aromatic N) is 1. The quantitative estimate of drug-likeness (QED) is 0.554. The lowest BCUT2D eigenvalue weighted by Gasteiger charge is -2.08. The molecule has 0 aliphatic rings. The van der Waals surface area contributed by atoms with Crippen LogP contribution in [0.1, 0.15) is 6.92 Å². The summed E-state index contributed by atoms with van der Waals surface area (Å²) in [5, 5.41) is 0. The van der Waals surface area contributed by atoms with Gasteiger partial charge in [0.15, 0.2) is 0 Å². The normalized spacial score (nSPS) is 14.5. The first kappa shape index (κ1) is 8.07. The van der Waals surface area contributed by atoms with Crippen LogP contribution in [0.5, 0.6) is 0 Å². The molecule has 0 saturated heterocycles. The third kappa shape index (κ3) is 2.40. The minimum atomic E-state index is -1.24. The molecule has 0 rings (SSSR count). The van der Waals surface area contributed by atoms with Crippen molar-refractivity contribution in [3.63, 3.8) is 0 Å². The highest BCUT2D eigenvalue weighted by molar-refractivity contribution is 7.77. The molecule has 0 fully saturated rings. The molecule has 0 aromatic heterocycles. The van der Waals surface area contributed by atoms with Crippen molar-refractivity contribution < 1.29 is 8.39 Å². The Morgan fingerprint density at radius 3 is 2.38 bits per heavy atom. The molecule has 0 radical (unpaired) electrons. The summed E-state index contributed by atoms with van der Waals surface area (Å²) >= 11 is -1.24. The van der Waals surface area contributed by atoms with Crippen LogP contribution in [-0.2, 0) is 15.4 Å². The van der Waals surface area contributed by atoms with E-state index in [0.717, 1.165) is 6.54 Å². The van der Waals surface area contributed by atoms with Crippen LogP contribution in [0.4, 0.5) is 0 Å². The molecule has 0 heterocycles. The first-order valence-electron chi connectivity index (χ1n) is 2.39. The van der Waals surface area contributed by atoms with Crippen LogP contribution in [0, 0.1) is 0 Å². The first-order valence-corrected chi connectivity index (χ1v) is 3.43. The van der Waals surface area contributed by atoms with E-state index in [1.165, 1.54) is 7.11 Å². The van der Waals surface area contributed by atoms with E-state index >= 15 is 0 Å². The van der Waals surface area contributed by atoms with E-state index in [4.69, 9.17) is 0 Å². The van der Waals surface area contributed by atoms with Crippen LogP contribution >= 0.6 is 0 Å². The fourth-order valence-electron chi connectivity index (χ4n) is 0.233. The van der Waals surface area contributed by atoms with Crippen LogP contribution in [0.25, 0.3) is 0 Å². The average Bonchev–Trinajstić information content (AvgIpc) is 1.84. The second-order valence-corrected chi connectivity index (χ2v) is 2.72. The van der Waals surface area contributed by atoms with Crippen molar-refractivity contribution >= 4 is 11.3 Å². The molecule has 0 aliphatic carbocycles. The Kier molecular flexibility index (Phi) is 4.03. The van der Waals surface area contributed by atoms with E-state index in [0.29, 0.717) is 0 Å². The standard InChI is InChI=1S/C4H11NO2S/c1-4-5(2)8(6)7-3/h4H2,1-3H3. The second-order valence-electron chi connectivity index (χ2n) is 1.33. The van der Waals surface area contributed by atoms with Crippen molar-refractivity contribution in [3.05, 3.63) is 0 Å². The summed E-state index contributed by atoms with van der Waals surface area (Å²) in [4.78, 5) is 0. The Morgan fingerprint density at radius 1 is 1.75 bits per heavy atom. The molecular weight excluding hydrogens is 126 g/mol. The van der Waals surface area contributed by atoms with Gasteiger partial charge >= 0.3 is 0 Å². The number of rotatable bonds is 3. The van der Waals surface area contributed by atoms with Crippen molar-refractivity contribution in [1.29, 1.82) is 0 Å². The van der Waals surface area contributed by atoms with Crippen LogP contribution in [-0.4, -0.2) is 29.2 Å². The van der Waals surface area contributed by atoms with Gasteiger partial charge in [-0.2, -0.15) is 0 Å². The maximum absolute atomic E-state index is 10.6. The summed E-state index contributed by atoms with van der Waals surface area (Å²) in [7, 11) is 3.15. The zero-order valence-corrected chi connectivity index (χ0v) is 6.20. The predicted octanol–water partition coefficient (Wildman–Crippen LogP) is 0.163. The van der Waals surface area contributed by atoms with Gasteiger partial charge in [0, 0.05) is 13.6 Å². The minimum absolute atomic E-state index is 0.737. The average molecular weight is 137 g/mol. The van der Waals surface area contributed by atoms with Crippen molar-refractivity contribution in [2.45, 2.75) is 6.92 Å². The summed E-state index contributed by atoms with van der Waals surface area (Å²) in [6.45, 7) is 2.65. The smallest absolute Gasteiger partial charge is 0.236 e. The van der Waals surface area contributed by atoms with E-state index in [2.05, 4.69) is 4.18 Å². The maximum atomic E-state index is 10.6. The fraction of sp³-hybridized carbons (Fsp3) is 1.00. The largest absolute Gasteiger partial charge is 0.281 e. The minimum Gasteiger partial charge on any atom is -0.281 e. The zero-order valence-electron chi connectivity index (χ0n) is 5.38. The Bertz CT molecular complexity index is 86.1. The molecular formula is C4H11NO2S. The van der Waals surface area contributed by atoms with Crippen LogP contribution in [0.15, 0.2) is 0 Å². The van der Waals surface area contributed by atoms with Gasteiger partial charge in [-0.15, -0.1) is 0 Å². The third-order valence-corrected chi connectivity index (χ3v) is 1.89. The molecule has 0 saturated carbocycles. The molecule has 0 bridgehead atoms. The Morgan fingerprint density at radius 2 is 2.25 bits per heavy atom. The van der Waals surface area contributed by atoms with E-state index < -0.39 is 11.3 Å². The molecule has 8 heavy (non-hydrogen) atoms. The maximum Gasteiger partial charge on any atom is 0.236 e. The highest BCUT2D eigenvalue weighted by Gasteiger charge is 2.00. The van der Waals surface area contributed by atoms with Gasteiger partial charge in [-0.3, -0.25) is 4.18 Å². The molecule has 50 valence electrons. The molecule has 1 unspecified atom stereocenters. The summed E-state index contributed by atoms with van der Waals surface area (Å²) in [6, 6.07) is 0. The lowest BCUT2D eigenvalue weighted by atomic mass is 10.8. The zero-order chi connectivity index (χ0) is 6.57. The monoisotopic (exact) mass is 137 g/mol. The number of hydrogen-bond donors (Lipinski definition) is 0. The molecule has 0 N–H and O–H groups in total. The highest BCUT2D eigenvalue weighted by Crippen LogP contribution is 1.88. The van der Waals surface area contributed by atoms with Crippen LogP contribution in [0.3, 0.4) is 0 Å². The molecule has 0 amide bonds. The van der Waals surface area contributed by atoms with Crippen LogP contribution in [0.2, 0.25) is 0 Å². The molecule has 0 spiro atoms. The van der Waals surface area contributed by atoms with Crippen molar-refractivity contribution in [1.82, 2.24) is 4.31 Å². The van der Waals surface area contributed by atoms with Crippen molar-refractivity contribution in [3.8, 4) is 0 Å². The van der Waals surface area contributed by atoms with Gasteiger partial charge in [-0.05, 0) is 0 Å². The van der Waals surface area contributed by atoms with Crippen molar-refractivity contribution in [2.75, 3.05) is 20.7 Å². The SMILES string of the molecule is CCN(C)S(=O)OC. The summed E-state index contributed by atoms with van der Waals surface area (Å²) < 4.78 is 16.7. The van der Waals surface area contributed by atoms with Crippen molar-refractivity contribution in [2.24, 2.45) is 0 Å². The lowest BCUT2D eigenvalue weighted by Crippen LogP contribution is -2.21. The van der Waals surface area contributed by atoms with E-state index in [9.17, 15) is 4.21 Å². The van der Waals surface area contributed by atoms with E-state index in [-0.39, 0.29) is 0 Å². The molecule has 0 aromatic carbocycles. The summed E-state index contributed by atoms with van der Waals surface area (Å²) in [5.41, 5.74) is 0. The van der Waals surface area contributed by atoms with Gasteiger partial charge in [-0.25, -0.2) is 8.51 Å². The summed E-state index contributed by atoms with van der Waals surface area (Å²) in [6.07, 6.45) is 0. The summed E-state index contributed by atoms with van der Waals surface area (Å²) in [5.74, 6) is 0. The number of hydrogen-bond acceptors (Lipinski definition) is 2. The van der Waals surface area contributed by atoms with Gasteiger partial charge in [0.05, 0.1) is 7.11 Å². The van der Waals surface area contributed by atoms with E-state index in [1.54, 1.807) is 11.4 Å². The van der Waals surface area contributed by atoms with Gasteiger partial charge in [0.25, 0.3) is 0 Å². The second kappa shape index (κ2) is 4.00. The fourth-order valence-corrected chi connectivity index (χ4v) is 0.698. The first-order chi connectivity index (χ1) is 3.72. The highest BCUT2D eigenvalue weighted by atomic mass is 32.2. The lowest BCUT2D eigenvalue weighted by molar-refractivity contribution is 0.390. The Balaban J connectivity index is 3.46. The molecule has 0 aromatic rings. The molecule has 1 atom stereocenters. The van der Waals surface area contributed by atoms with Gasteiger partial charge in [0.2, 0.25) is 11.3 Å². The molecule has 3 nitrogen and oxygen atoms in total.